The minimum absolute atomic E-state index is 0.711. The molecule has 0 spiro atoms. The Morgan fingerprint density at radius 2 is 2.08 bits per heavy atom. The lowest BCUT2D eigenvalue weighted by Gasteiger charge is -2.05. The van der Waals surface area contributed by atoms with Crippen molar-refractivity contribution in [1.82, 2.24) is 9.38 Å². The Labute approximate surface area is 147 Å². The van der Waals surface area contributed by atoms with Gasteiger partial charge in [0.25, 0.3) is 0 Å². The van der Waals surface area contributed by atoms with Gasteiger partial charge in [-0.25, -0.2) is 4.98 Å². The van der Waals surface area contributed by atoms with Crippen molar-refractivity contribution in [3.8, 4) is 28.5 Å². The van der Waals surface area contributed by atoms with Crippen molar-refractivity contribution in [3.05, 3.63) is 70.7 Å². The smallest absolute Gasteiger partial charge is 0.137 e. The van der Waals surface area contributed by atoms with Crippen LogP contribution in [0.4, 0.5) is 0 Å². The molecule has 0 fully saturated rings. The van der Waals surface area contributed by atoms with E-state index in [1.54, 1.807) is 0 Å². The zero-order chi connectivity index (χ0) is 17.2. The third-order valence-corrected chi connectivity index (χ3v) is 4.80. The second kappa shape index (κ2) is 6.23. The van der Waals surface area contributed by atoms with E-state index in [9.17, 15) is 5.26 Å². The highest BCUT2D eigenvalue weighted by Gasteiger charge is 2.10. The first-order chi connectivity index (χ1) is 12.3. The molecule has 0 saturated heterocycles. The molecule has 3 aromatic heterocycles. The lowest BCUT2D eigenvalue weighted by molar-refractivity contribution is 0.322. The highest BCUT2D eigenvalue weighted by atomic mass is 32.1. The van der Waals surface area contributed by atoms with Gasteiger partial charge >= 0.3 is 0 Å². The van der Waals surface area contributed by atoms with Gasteiger partial charge in [-0.3, -0.25) is 4.40 Å². The Morgan fingerprint density at radius 1 is 1.20 bits per heavy atom. The molecule has 0 aliphatic rings. The maximum Gasteiger partial charge on any atom is 0.137 e. The zero-order valence-electron chi connectivity index (χ0n) is 13.0. The van der Waals surface area contributed by atoms with E-state index < -0.39 is 0 Å². The molecule has 0 aliphatic heterocycles. The quantitative estimate of drug-likeness (QED) is 0.340. The molecule has 5 nitrogen and oxygen atoms in total. The second-order valence-corrected chi connectivity index (χ2v) is 6.35. The minimum Gasteiger partial charge on any atom is -0.411 e. The van der Waals surface area contributed by atoms with Crippen molar-refractivity contribution in [2.24, 2.45) is 5.16 Å². The van der Waals surface area contributed by atoms with E-state index in [0.29, 0.717) is 4.88 Å². The molecule has 1 N–H and O–H groups in total. The van der Waals surface area contributed by atoms with Gasteiger partial charge in [-0.1, -0.05) is 23.4 Å². The molecule has 0 atom stereocenters. The van der Waals surface area contributed by atoms with Gasteiger partial charge in [-0.2, -0.15) is 5.26 Å². The third kappa shape index (κ3) is 2.67. The van der Waals surface area contributed by atoms with Crippen molar-refractivity contribution in [2.45, 2.75) is 0 Å². The summed E-state index contributed by atoms with van der Waals surface area (Å²) in [6.07, 6.45) is 5.08. The van der Waals surface area contributed by atoms with E-state index in [-0.39, 0.29) is 0 Å². The normalized spacial score (nSPS) is 11.2. The molecule has 0 bridgehead atoms. The summed E-state index contributed by atoms with van der Waals surface area (Å²) in [5.41, 5.74) is 5.48. The molecule has 0 aliphatic carbocycles. The van der Waals surface area contributed by atoms with Crippen LogP contribution in [0.5, 0.6) is 0 Å². The van der Waals surface area contributed by atoms with Gasteiger partial charge < -0.3 is 5.21 Å². The number of imidazole rings is 1. The second-order valence-electron chi connectivity index (χ2n) is 5.43. The number of hydrogen-bond donors (Lipinski definition) is 1. The Balaban J connectivity index is 1.82. The summed E-state index contributed by atoms with van der Waals surface area (Å²) < 4.78 is 1.98. The maximum absolute atomic E-state index is 9.25. The summed E-state index contributed by atoms with van der Waals surface area (Å²) >= 11 is 1.45. The van der Waals surface area contributed by atoms with Gasteiger partial charge in [0, 0.05) is 22.9 Å². The van der Waals surface area contributed by atoms with Crippen LogP contribution in [0, 0.1) is 11.3 Å². The average Bonchev–Trinajstić information content (AvgIpc) is 3.28. The number of pyridine rings is 1. The van der Waals surface area contributed by atoms with Crippen LogP contribution in [-0.4, -0.2) is 20.8 Å². The fraction of sp³-hybridized carbons (Fsp3) is 0. The van der Waals surface area contributed by atoms with Crippen molar-refractivity contribution in [2.75, 3.05) is 0 Å². The molecule has 4 aromatic rings. The van der Waals surface area contributed by atoms with Gasteiger partial charge in [-0.15, -0.1) is 11.3 Å². The summed E-state index contributed by atoms with van der Waals surface area (Å²) in [6.45, 7) is 0. The predicted octanol–water partition coefficient (Wildman–Crippen LogP) is 4.41. The molecule has 25 heavy (non-hydrogen) atoms. The number of nitriles is 1. The summed E-state index contributed by atoms with van der Waals surface area (Å²) in [7, 11) is 0. The molecular weight excluding hydrogens is 332 g/mol. The fourth-order valence-electron chi connectivity index (χ4n) is 2.83. The maximum atomic E-state index is 9.25. The van der Waals surface area contributed by atoms with Crippen LogP contribution in [0.3, 0.4) is 0 Å². The van der Waals surface area contributed by atoms with E-state index in [0.717, 1.165) is 33.6 Å². The molecule has 0 unspecified atom stereocenters. The lowest BCUT2D eigenvalue weighted by atomic mass is 10.0. The molecule has 3 heterocycles. The van der Waals surface area contributed by atoms with Crippen LogP contribution in [0.15, 0.2) is 65.4 Å². The van der Waals surface area contributed by atoms with Crippen LogP contribution in [-0.2, 0) is 0 Å². The molecule has 1 aromatic carbocycles. The molecule has 0 saturated carbocycles. The van der Waals surface area contributed by atoms with E-state index in [4.69, 9.17) is 5.21 Å². The van der Waals surface area contributed by atoms with Crippen LogP contribution in [0.2, 0.25) is 0 Å². The summed E-state index contributed by atoms with van der Waals surface area (Å²) in [6, 6.07) is 16.0. The number of fused-ring (bicyclic) bond motifs is 1. The van der Waals surface area contributed by atoms with Gasteiger partial charge in [-0.05, 0) is 35.2 Å². The number of benzene rings is 1. The Morgan fingerprint density at radius 3 is 2.92 bits per heavy atom. The number of hydrogen-bond acceptors (Lipinski definition) is 5. The molecule has 4 rings (SSSR count). The number of nitrogens with zero attached hydrogens (tertiary/aromatic N) is 4. The van der Waals surface area contributed by atoms with Crippen LogP contribution >= 0.6 is 11.3 Å². The van der Waals surface area contributed by atoms with Gasteiger partial charge in [0.1, 0.15) is 16.6 Å². The first-order valence-corrected chi connectivity index (χ1v) is 8.41. The summed E-state index contributed by atoms with van der Waals surface area (Å²) in [4.78, 5) is 5.14. The Bertz CT molecular complexity index is 1130. The van der Waals surface area contributed by atoms with Crippen molar-refractivity contribution < 1.29 is 5.21 Å². The highest BCUT2D eigenvalue weighted by Crippen LogP contribution is 2.31. The largest absolute Gasteiger partial charge is 0.411 e. The van der Waals surface area contributed by atoms with Crippen molar-refractivity contribution in [3.63, 3.8) is 0 Å². The van der Waals surface area contributed by atoms with Crippen LogP contribution in [0.1, 0.15) is 10.4 Å². The van der Waals surface area contributed by atoms with Crippen molar-refractivity contribution in [1.29, 1.82) is 5.26 Å². The third-order valence-electron chi connectivity index (χ3n) is 3.98. The Hall–Kier alpha value is -3.43. The summed E-state index contributed by atoms with van der Waals surface area (Å²) in [5, 5.41) is 22.9. The topological polar surface area (TPSA) is 73.7 Å². The van der Waals surface area contributed by atoms with Crippen molar-refractivity contribution >= 4 is 23.2 Å². The standard InChI is InChI=1S/C19H12N4OS/c20-10-18-16(5-7-25-18)14-2-1-3-15(9-14)17-12-21-19-8-13(11-22-24)4-6-23(17)19/h1-9,11-12,24H/b22-11-. The first-order valence-electron chi connectivity index (χ1n) is 7.53. The number of oxime groups is 1. The monoisotopic (exact) mass is 344 g/mol. The van der Waals surface area contributed by atoms with Gasteiger partial charge in [0.05, 0.1) is 18.1 Å². The SMILES string of the molecule is N#Cc1sccc1-c1cccc(-c2cnc3cc(/C=N\O)ccn23)c1. The number of aromatic nitrogens is 2. The molecule has 0 amide bonds. The van der Waals surface area contributed by atoms with E-state index in [1.807, 2.05) is 58.6 Å². The molecular formula is C19H12N4OS. The fourth-order valence-corrected chi connectivity index (χ4v) is 3.53. The zero-order valence-corrected chi connectivity index (χ0v) is 13.8. The first kappa shape index (κ1) is 15.1. The van der Waals surface area contributed by atoms with Crippen LogP contribution < -0.4 is 0 Å². The van der Waals surface area contributed by atoms with Gasteiger partial charge in [0.15, 0.2) is 0 Å². The van der Waals surface area contributed by atoms with E-state index in [2.05, 4.69) is 22.3 Å². The van der Waals surface area contributed by atoms with Crippen LogP contribution in [0.25, 0.3) is 28.0 Å². The highest BCUT2D eigenvalue weighted by molar-refractivity contribution is 7.11. The van der Waals surface area contributed by atoms with Gasteiger partial charge in [0.2, 0.25) is 0 Å². The molecule has 0 radical (unpaired) electrons. The number of rotatable bonds is 3. The minimum atomic E-state index is 0.711. The number of thiophene rings is 1. The summed E-state index contributed by atoms with van der Waals surface area (Å²) in [5.74, 6) is 0. The van der Waals surface area contributed by atoms with E-state index >= 15 is 0 Å². The van der Waals surface area contributed by atoms with E-state index in [1.165, 1.54) is 17.6 Å². The Kier molecular flexibility index (Phi) is 3.77. The molecule has 6 heteroatoms. The molecule has 120 valence electrons. The predicted molar refractivity (Wildman–Crippen MR) is 98.0 cm³/mol. The average molecular weight is 344 g/mol. The lowest BCUT2D eigenvalue weighted by Crippen LogP contribution is -1.91.